The van der Waals surface area contributed by atoms with Gasteiger partial charge in [-0.1, -0.05) is 91.0 Å². The molecule has 2 aliphatic carbocycles. The van der Waals surface area contributed by atoms with E-state index in [0.29, 0.717) is 16.7 Å². The lowest BCUT2D eigenvalue weighted by Crippen LogP contribution is -2.30. The highest BCUT2D eigenvalue weighted by molar-refractivity contribution is 6.37. The second-order valence-electron chi connectivity index (χ2n) is 12.9. The Morgan fingerprint density at radius 3 is 2.04 bits per heavy atom. The number of allylic oxidation sites excluding steroid dienone is 4. The van der Waals surface area contributed by atoms with E-state index in [4.69, 9.17) is 4.74 Å². The maximum absolute atomic E-state index is 14.0. The number of carbonyl (C=O) groups is 4. The number of anilines is 1. The number of ketones is 2. The van der Waals surface area contributed by atoms with Crippen LogP contribution in [0.1, 0.15) is 70.7 Å². The van der Waals surface area contributed by atoms with Crippen molar-refractivity contribution in [2.45, 2.75) is 18.9 Å². The van der Waals surface area contributed by atoms with Crippen LogP contribution in [-0.2, 0) is 6.61 Å². The highest BCUT2D eigenvalue weighted by Gasteiger charge is 2.46. The van der Waals surface area contributed by atoms with Crippen LogP contribution in [-0.4, -0.2) is 33.3 Å². The Balaban J connectivity index is 1.05. The van der Waals surface area contributed by atoms with Crippen molar-refractivity contribution in [3.05, 3.63) is 177 Å². The van der Waals surface area contributed by atoms with Gasteiger partial charge in [-0.2, -0.15) is 0 Å². The number of amides is 2. The number of nitrogens with one attached hydrogen (secondary N) is 1. The Morgan fingerprint density at radius 1 is 0.692 bits per heavy atom. The molecule has 9 nitrogen and oxygen atoms in total. The third-order valence-electron chi connectivity index (χ3n) is 9.73. The van der Waals surface area contributed by atoms with E-state index in [1.54, 1.807) is 24.3 Å². The molecule has 1 N–H and O–H groups in total. The van der Waals surface area contributed by atoms with Crippen LogP contribution in [0.3, 0.4) is 0 Å². The Morgan fingerprint density at radius 2 is 1.37 bits per heavy atom. The summed E-state index contributed by atoms with van der Waals surface area (Å²) in [4.78, 5) is 77.2. The summed E-state index contributed by atoms with van der Waals surface area (Å²) in [6, 6.07) is 32.2. The first-order valence-electron chi connectivity index (χ1n) is 16.8. The van der Waals surface area contributed by atoms with Crippen LogP contribution in [0.25, 0.3) is 27.6 Å². The van der Waals surface area contributed by atoms with E-state index in [0.717, 1.165) is 39.1 Å². The minimum absolute atomic E-state index is 0.00141. The third-order valence-corrected chi connectivity index (χ3v) is 9.73. The van der Waals surface area contributed by atoms with Gasteiger partial charge in [0.25, 0.3) is 17.4 Å². The fourth-order valence-electron chi connectivity index (χ4n) is 7.10. The summed E-state index contributed by atoms with van der Waals surface area (Å²) in [7, 11) is 0. The van der Waals surface area contributed by atoms with Gasteiger partial charge in [-0.15, -0.1) is 0 Å². The molecule has 0 spiro atoms. The topological polar surface area (TPSA) is 126 Å². The molecule has 0 unspecified atom stereocenters. The number of nitrogens with zero attached hydrogens (tertiary/aromatic N) is 2. The molecule has 0 saturated heterocycles. The van der Waals surface area contributed by atoms with Crippen LogP contribution in [0.5, 0.6) is 5.75 Å². The average molecular weight is 682 g/mol. The molecule has 9 heteroatoms. The lowest BCUT2D eigenvalue weighted by atomic mass is 10.0. The first-order valence-corrected chi connectivity index (χ1v) is 16.8. The van der Waals surface area contributed by atoms with Gasteiger partial charge in [-0.3, -0.25) is 24.0 Å². The van der Waals surface area contributed by atoms with E-state index in [-0.39, 0.29) is 40.4 Å². The Kier molecular flexibility index (Phi) is 7.22. The van der Waals surface area contributed by atoms with E-state index in [1.807, 2.05) is 84.9 Å². The monoisotopic (exact) mass is 681 g/mol. The van der Waals surface area contributed by atoms with Crippen LogP contribution in [0.4, 0.5) is 5.69 Å². The summed E-state index contributed by atoms with van der Waals surface area (Å²) in [6.45, 7) is 0.202. The van der Waals surface area contributed by atoms with Gasteiger partial charge in [-0.05, 0) is 70.6 Å². The van der Waals surface area contributed by atoms with Crippen molar-refractivity contribution in [3.63, 3.8) is 0 Å². The van der Waals surface area contributed by atoms with Gasteiger partial charge in [0.15, 0.2) is 11.6 Å². The first-order chi connectivity index (χ1) is 25.4. The second kappa shape index (κ2) is 12.1. The van der Waals surface area contributed by atoms with E-state index in [2.05, 4.69) is 16.0 Å². The molecule has 0 fully saturated rings. The molecule has 0 saturated carbocycles. The summed E-state index contributed by atoms with van der Waals surface area (Å²) in [5.41, 5.74) is 4.59. The van der Waals surface area contributed by atoms with Crippen molar-refractivity contribution < 1.29 is 23.9 Å². The molecular weight excluding hydrogens is 654 g/mol. The standard InChI is InChI=1S/C43H27N3O6/c47-38-29-21-31-32(22-30(29)39(48)37(38)40-44-34-17-15-27(19-33(34)41(49)45-40)25-11-5-2-6-12-25)43(51)46(42(31)50)35-18-16-28(26-13-7-8-14-26)20-36(35)52-23-24-9-3-1-4-10-24/h1-7,9-22,37H,8,23H2,(H,44,45,49). The number of ether oxygens (including phenoxy) is 1. The van der Waals surface area contributed by atoms with Gasteiger partial charge in [0.1, 0.15) is 24.1 Å². The summed E-state index contributed by atoms with van der Waals surface area (Å²) >= 11 is 0. The van der Waals surface area contributed by atoms with Gasteiger partial charge in [0.05, 0.1) is 27.7 Å². The van der Waals surface area contributed by atoms with Gasteiger partial charge in [0.2, 0.25) is 0 Å². The molecule has 250 valence electrons. The molecule has 0 bridgehead atoms. The lowest BCUT2D eigenvalue weighted by Gasteiger charge is -2.20. The maximum Gasteiger partial charge on any atom is 0.266 e. The predicted octanol–water partition coefficient (Wildman–Crippen LogP) is 7.48. The highest BCUT2D eigenvalue weighted by atomic mass is 16.5. The van der Waals surface area contributed by atoms with E-state index < -0.39 is 34.9 Å². The van der Waals surface area contributed by atoms with Crippen molar-refractivity contribution in [2.24, 2.45) is 0 Å². The van der Waals surface area contributed by atoms with Crippen molar-refractivity contribution >= 4 is 45.5 Å². The van der Waals surface area contributed by atoms with Crippen molar-refractivity contribution in [3.8, 4) is 16.9 Å². The molecule has 6 aromatic rings. The molecule has 2 amide bonds. The molecule has 1 aliphatic heterocycles. The number of hydrogen-bond donors (Lipinski definition) is 1. The predicted molar refractivity (Wildman–Crippen MR) is 196 cm³/mol. The number of fused-ring (bicyclic) bond motifs is 3. The molecule has 52 heavy (non-hydrogen) atoms. The van der Waals surface area contributed by atoms with E-state index >= 15 is 0 Å². The fraction of sp³-hybridized carbons (Fsp3) is 0.0698. The molecule has 0 radical (unpaired) electrons. The SMILES string of the molecule is O=C1c2cc3c(cc2C(=O)C1c1nc2ccc(-c4ccccc4)cc2c(=O)[nH]1)C(=O)N(c1ccc(C2=CCC=C2)cc1OCc1ccccc1)C3=O. The number of aromatic amines is 1. The Bertz CT molecular complexity index is 2600. The number of Topliss-reactive ketones (excluding diaryl/α,β-unsaturated/α-hetero) is 2. The molecule has 0 atom stereocenters. The molecule has 5 aromatic carbocycles. The molecule has 3 aliphatic rings. The third kappa shape index (κ3) is 5.01. The van der Waals surface area contributed by atoms with Gasteiger partial charge in [-0.25, -0.2) is 9.88 Å². The van der Waals surface area contributed by atoms with Crippen LogP contribution < -0.4 is 15.2 Å². The zero-order valence-corrected chi connectivity index (χ0v) is 27.5. The number of rotatable bonds is 7. The average Bonchev–Trinajstić information content (AvgIpc) is 3.86. The Labute approximate surface area is 296 Å². The first kappa shape index (κ1) is 31.0. The molecular formula is C43H27N3O6. The van der Waals surface area contributed by atoms with Crippen LogP contribution in [0, 0.1) is 0 Å². The minimum atomic E-state index is -1.42. The van der Waals surface area contributed by atoms with Crippen molar-refractivity contribution in [2.75, 3.05) is 4.90 Å². The maximum atomic E-state index is 14.0. The van der Waals surface area contributed by atoms with Crippen LogP contribution in [0.15, 0.2) is 132 Å². The second-order valence-corrected chi connectivity index (χ2v) is 12.9. The highest BCUT2D eigenvalue weighted by Crippen LogP contribution is 2.41. The molecule has 2 heterocycles. The number of hydrogen-bond acceptors (Lipinski definition) is 7. The number of H-pyrrole nitrogens is 1. The van der Waals surface area contributed by atoms with Crippen molar-refractivity contribution in [1.29, 1.82) is 0 Å². The molecule has 1 aromatic heterocycles. The summed E-state index contributed by atoms with van der Waals surface area (Å²) < 4.78 is 6.24. The van der Waals surface area contributed by atoms with E-state index in [1.165, 1.54) is 12.1 Å². The summed E-state index contributed by atoms with van der Waals surface area (Å²) in [5, 5.41) is 0.312. The fourth-order valence-corrected chi connectivity index (χ4v) is 7.10. The summed E-state index contributed by atoms with van der Waals surface area (Å²) in [5.74, 6) is -3.69. The number of carbonyl (C=O) groups excluding carboxylic acids is 4. The van der Waals surface area contributed by atoms with Gasteiger partial charge in [0, 0.05) is 11.1 Å². The number of aromatic nitrogens is 2. The largest absolute Gasteiger partial charge is 0.487 e. The van der Waals surface area contributed by atoms with Crippen molar-refractivity contribution in [1.82, 2.24) is 9.97 Å². The Hall–Kier alpha value is -7.00. The summed E-state index contributed by atoms with van der Waals surface area (Å²) in [6.07, 6.45) is 6.93. The minimum Gasteiger partial charge on any atom is -0.487 e. The van der Waals surface area contributed by atoms with Crippen LogP contribution >= 0.6 is 0 Å². The lowest BCUT2D eigenvalue weighted by molar-refractivity contribution is 0.0882. The molecule has 9 rings (SSSR count). The van der Waals surface area contributed by atoms with Crippen LogP contribution in [0.2, 0.25) is 0 Å². The zero-order valence-electron chi connectivity index (χ0n) is 27.5. The van der Waals surface area contributed by atoms with Gasteiger partial charge >= 0.3 is 0 Å². The number of benzene rings is 5. The zero-order chi connectivity index (χ0) is 35.5. The van der Waals surface area contributed by atoms with Gasteiger partial charge < -0.3 is 9.72 Å². The van der Waals surface area contributed by atoms with E-state index in [9.17, 15) is 24.0 Å². The quantitative estimate of drug-likeness (QED) is 0.137. The number of imide groups is 1. The normalized spacial score (nSPS) is 15.1. The smallest absolute Gasteiger partial charge is 0.266 e.